The standard InChI is InChI=1S/C100H66N8Si2/c1-63-30-46-93-81(54-63)83-61-75(40-48-95(83)109(93,77-22-12-18-71(57-77)85-26-3-7-50-101-85)78-23-13-19-72(58-78)86-27-4-8-51-102-86)91-44-38-67-34-32-65-36-42-89(105-97(65)99(67)107-91)69-16-11-17-70(56-69)90-43-37-66-33-35-68-39-45-92(108-100(68)98(66)106-90)76-41-49-96-84(62-76)82-55-64(2)31-47-94(82)110(96,79-24-14-20-73(59-79)87-28-5-9-52-103-87)80-25-15-21-74(60-80)88-29-6-10-53-104-88/h3-62H,1-2H3. The van der Waals surface area contributed by atoms with Gasteiger partial charge in [-0.1, -0.05) is 260 Å². The highest BCUT2D eigenvalue weighted by atomic mass is 28.3. The topological polar surface area (TPSA) is 103 Å². The van der Waals surface area contributed by atoms with Crippen molar-refractivity contribution in [3.05, 3.63) is 376 Å². The molecule has 0 amide bonds. The van der Waals surface area contributed by atoms with E-state index in [1.807, 2.05) is 49.1 Å². The van der Waals surface area contributed by atoms with Crippen molar-refractivity contribution in [2.75, 3.05) is 0 Å². The summed E-state index contributed by atoms with van der Waals surface area (Å²) < 4.78 is 0. The first-order valence-electron chi connectivity index (χ1n) is 37.4. The Hall–Kier alpha value is -13.9. The summed E-state index contributed by atoms with van der Waals surface area (Å²) in [5.41, 5.74) is 26.5. The smallest absolute Gasteiger partial charge is 0.180 e. The summed E-state index contributed by atoms with van der Waals surface area (Å²) >= 11 is 0. The summed E-state index contributed by atoms with van der Waals surface area (Å²) in [7, 11) is -6.05. The summed E-state index contributed by atoms with van der Waals surface area (Å²) in [4.78, 5) is 41.6. The third-order valence-corrected chi connectivity index (χ3v) is 32.4. The molecule has 19 aromatic rings. The zero-order chi connectivity index (χ0) is 73.0. The van der Waals surface area contributed by atoms with E-state index in [4.69, 9.17) is 39.9 Å². The molecule has 0 saturated heterocycles. The number of aryl methyl sites for hydroxylation is 2. The molecule has 0 unspecified atom stereocenters. The van der Waals surface area contributed by atoms with Crippen LogP contribution in [0.5, 0.6) is 0 Å². The van der Waals surface area contributed by atoms with Crippen LogP contribution in [-0.2, 0) is 0 Å². The van der Waals surface area contributed by atoms with Crippen molar-refractivity contribution < 1.29 is 0 Å². The molecular formula is C100H66N8Si2. The monoisotopic (exact) mass is 1430 g/mol. The number of fused-ring (bicyclic) bond motifs is 12. The van der Waals surface area contributed by atoms with Crippen molar-refractivity contribution in [3.63, 3.8) is 0 Å². The second-order valence-electron chi connectivity index (χ2n) is 29.1. The van der Waals surface area contributed by atoms with Gasteiger partial charge in [-0.15, -0.1) is 0 Å². The van der Waals surface area contributed by atoms with Crippen LogP contribution in [0.4, 0.5) is 0 Å². The molecule has 8 aromatic heterocycles. The highest BCUT2D eigenvalue weighted by Crippen LogP contribution is 2.39. The number of nitrogens with zero attached hydrogens (tertiary/aromatic N) is 8. The minimum Gasteiger partial charge on any atom is -0.256 e. The molecule has 0 spiro atoms. The molecule has 11 aromatic carbocycles. The fourth-order valence-corrected chi connectivity index (χ4v) is 28.0. The molecule has 0 radical (unpaired) electrons. The Kier molecular flexibility index (Phi) is 15.2. The Morgan fingerprint density at radius 2 is 0.445 bits per heavy atom. The lowest BCUT2D eigenvalue weighted by molar-refractivity contribution is 1.33. The molecule has 0 aliphatic carbocycles. The lowest BCUT2D eigenvalue weighted by Crippen LogP contribution is -2.72. The van der Waals surface area contributed by atoms with Crippen LogP contribution in [0.15, 0.2) is 365 Å². The maximum absolute atomic E-state index is 5.59. The Labute approximate surface area is 638 Å². The maximum Gasteiger partial charge on any atom is 0.180 e. The molecule has 0 fully saturated rings. The third kappa shape index (κ3) is 10.5. The van der Waals surface area contributed by atoms with Crippen LogP contribution in [0.3, 0.4) is 0 Å². The van der Waals surface area contributed by atoms with Crippen LogP contribution < -0.4 is 41.5 Å². The lowest BCUT2D eigenvalue weighted by Gasteiger charge is -2.32. The normalized spacial score (nSPS) is 13.0. The van der Waals surface area contributed by atoms with Gasteiger partial charge in [0.1, 0.15) is 0 Å². The third-order valence-electron chi connectivity index (χ3n) is 22.7. The van der Waals surface area contributed by atoms with Crippen molar-refractivity contribution in [1.29, 1.82) is 0 Å². The first-order valence-corrected chi connectivity index (χ1v) is 41.4. The fraction of sp³-hybridized carbons (Fsp3) is 0.0200. The van der Waals surface area contributed by atoms with E-state index in [2.05, 4.69) is 329 Å². The van der Waals surface area contributed by atoms with Crippen molar-refractivity contribution in [3.8, 4) is 112 Å². The van der Waals surface area contributed by atoms with Gasteiger partial charge in [-0.05, 0) is 169 Å². The SMILES string of the molecule is Cc1ccc2c(c1)-c1cc(-c3ccc4ccc5ccc(-c6cccc(-c7ccc8ccc9ccc(-c%10ccc%11c(c%10)-c%10cc(C)ccc%10[Si]%11(c%10cccc(-c%11ccccn%11)c%10)c%10cccc(-c%11ccccn%11)c%10)nc9c8n7)c6)nc5c4n3)ccc1[Si]2(c1cccc(-c2ccccn2)c1)c1cccc(-c2ccccn2)c1. The van der Waals surface area contributed by atoms with Crippen molar-refractivity contribution in [2.45, 2.75) is 13.8 Å². The number of benzene rings is 11. The van der Waals surface area contributed by atoms with Crippen molar-refractivity contribution >= 4 is 101 Å². The van der Waals surface area contributed by atoms with Gasteiger partial charge < -0.3 is 0 Å². The van der Waals surface area contributed by atoms with Gasteiger partial charge in [0.2, 0.25) is 0 Å². The second-order valence-corrected chi connectivity index (χ2v) is 36.6. The molecule has 0 N–H and O–H groups in total. The number of pyridine rings is 8. The van der Waals surface area contributed by atoms with Gasteiger partial charge in [0.05, 0.1) is 67.6 Å². The molecule has 514 valence electrons. The van der Waals surface area contributed by atoms with Gasteiger partial charge >= 0.3 is 0 Å². The van der Waals surface area contributed by atoms with E-state index < -0.39 is 16.1 Å². The van der Waals surface area contributed by atoms with Crippen LogP contribution >= 0.6 is 0 Å². The minimum absolute atomic E-state index is 0.848. The maximum atomic E-state index is 5.59. The number of rotatable bonds is 12. The van der Waals surface area contributed by atoms with E-state index in [1.54, 1.807) is 0 Å². The lowest BCUT2D eigenvalue weighted by atomic mass is 9.99. The van der Waals surface area contributed by atoms with E-state index in [-0.39, 0.29) is 0 Å². The Balaban J connectivity index is 0.640. The largest absolute Gasteiger partial charge is 0.256 e. The number of hydrogen-bond donors (Lipinski definition) is 0. The Bertz CT molecular complexity index is 6370. The van der Waals surface area contributed by atoms with Crippen LogP contribution in [0.2, 0.25) is 0 Å². The van der Waals surface area contributed by atoms with Gasteiger partial charge in [0.25, 0.3) is 0 Å². The van der Waals surface area contributed by atoms with Crippen LogP contribution in [0, 0.1) is 13.8 Å². The molecule has 2 aliphatic heterocycles. The summed E-state index contributed by atoms with van der Waals surface area (Å²) in [6.45, 7) is 4.40. The van der Waals surface area contributed by atoms with Gasteiger partial charge in [-0.3, -0.25) is 19.9 Å². The highest BCUT2D eigenvalue weighted by molar-refractivity contribution is 7.23. The van der Waals surface area contributed by atoms with Crippen molar-refractivity contribution in [1.82, 2.24) is 39.9 Å². The summed E-state index contributed by atoms with van der Waals surface area (Å²) in [6, 6.07) is 124. The average molecular weight is 1440 g/mol. The fourth-order valence-electron chi connectivity index (χ4n) is 17.6. The first kappa shape index (κ1) is 64.5. The van der Waals surface area contributed by atoms with Crippen LogP contribution in [0.1, 0.15) is 11.1 Å². The van der Waals surface area contributed by atoms with Crippen LogP contribution in [0.25, 0.3) is 156 Å². The minimum atomic E-state index is -3.02. The van der Waals surface area contributed by atoms with E-state index in [9.17, 15) is 0 Å². The number of hydrogen-bond acceptors (Lipinski definition) is 8. The van der Waals surface area contributed by atoms with E-state index >= 15 is 0 Å². The van der Waals surface area contributed by atoms with E-state index in [1.165, 1.54) is 74.9 Å². The summed E-state index contributed by atoms with van der Waals surface area (Å²) in [5, 5.41) is 14.7. The van der Waals surface area contributed by atoms with Crippen LogP contribution in [-0.4, -0.2) is 56.0 Å². The zero-order valence-electron chi connectivity index (χ0n) is 60.2. The molecular weight excluding hydrogens is 1370 g/mol. The molecule has 0 saturated carbocycles. The molecule has 10 heteroatoms. The summed E-state index contributed by atoms with van der Waals surface area (Å²) in [6.07, 6.45) is 7.51. The molecule has 2 aliphatic rings. The molecule has 110 heavy (non-hydrogen) atoms. The average Bonchev–Trinajstić information content (AvgIpc) is 1.53. The van der Waals surface area contributed by atoms with Gasteiger partial charge in [0.15, 0.2) is 16.1 Å². The Morgan fingerprint density at radius 3 is 0.736 bits per heavy atom. The number of aromatic nitrogens is 8. The molecule has 0 bridgehead atoms. The first-order chi connectivity index (χ1) is 54.3. The van der Waals surface area contributed by atoms with E-state index in [0.717, 1.165) is 134 Å². The van der Waals surface area contributed by atoms with E-state index in [0.29, 0.717) is 0 Å². The van der Waals surface area contributed by atoms with Gasteiger partial charge in [-0.2, -0.15) is 0 Å². The van der Waals surface area contributed by atoms with Gasteiger partial charge in [0, 0.05) is 90.8 Å². The highest BCUT2D eigenvalue weighted by Gasteiger charge is 2.51. The molecule has 21 rings (SSSR count). The predicted molar refractivity (Wildman–Crippen MR) is 457 cm³/mol. The predicted octanol–water partition coefficient (Wildman–Crippen LogP) is 18.1. The molecule has 10 heterocycles. The molecule has 0 atom stereocenters. The molecule has 8 nitrogen and oxygen atoms in total. The second kappa shape index (κ2) is 26.0. The quantitative estimate of drug-likeness (QED) is 0.0880. The van der Waals surface area contributed by atoms with Gasteiger partial charge in [-0.25, -0.2) is 19.9 Å². The summed E-state index contributed by atoms with van der Waals surface area (Å²) in [5.74, 6) is 0. The van der Waals surface area contributed by atoms with Crippen molar-refractivity contribution in [2.24, 2.45) is 0 Å². The Morgan fingerprint density at radius 1 is 0.191 bits per heavy atom. The zero-order valence-corrected chi connectivity index (χ0v) is 62.2.